The molecule has 3 N–H and O–H groups in total. The van der Waals surface area contributed by atoms with Gasteiger partial charge < -0.3 is 15.4 Å². The van der Waals surface area contributed by atoms with Gasteiger partial charge in [0, 0.05) is 35.0 Å². The van der Waals surface area contributed by atoms with Gasteiger partial charge in [-0.3, -0.25) is 14.9 Å². The maximum absolute atomic E-state index is 13.4. The highest BCUT2D eigenvalue weighted by Gasteiger charge is 2.22. The molecule has 2 heterocycles. The Kier molecular flexibility index (Phi) is 10.0. The van der Waals surface area contributed by atoms with Crippen LogP contribution < -0.4 is 16.0 Å². The van der Waals surface area contributed by atoms with E-state index in [0.717, 1.165) is 5.56 Å². The van der Waals surface area contributed by atoms with Crippen LogP contribution in [-0.2, 0) is 16.0 Å². The fourth-order valence-corrected chi connectivity index (χ4v) is 4.77. The molecule has 14 heteroatoms. The number of nitrogens with zero attached hydrogens (tertiary/aromatic N) is 6. The van der Waals surface area contributed by atoms with E-state index in [1.807, 2.05) is 30.3 Å². The molecule has 46 heavy (non-hydrogen) atoms. The molecule has 3 amide bonds. The zero-order chi connectivity index (χ0) is 32.5. The fourth-order valence-electron chi connectivity index (χ4n) is 4.59. The summed E-state index contributed by atoms with van der Waals surface area (Å²) in [4.78, 5) is 37.8. The standard InChI is InChI=1S/C32H28ClN9O4/c1-34-31(44)30-25(21-8-12-24(13-9-21)36-32(45)46-2)18-27(38-39-30)26(16-20-6-4-3-5-7-20)37-29(43)15-10-22-17-23(33)11-14-28(22)42-19-35-40-41-42/h3-15,17-19,26H,16H2,1-2H3,(H,34,44)(H,36,45)(H,37,43)/b15-10+. The average molecular weight is 638 g/mol. The molecule has 0 bridgehead atoms. The van der Waals surface area contributed by atoms with E-state index in [0.29, 0.717) is 45.2 Å². The quantitative estimate of drug-likeness (QED) is 0.188. The number of hydrogen-bond acceptors (Lipinski definition) is 9. The first kappa shape index (κ1) is 31.5. The van der Waals surface area contributed by atoms with Crippen LogP contribution in [0.4, 0.5) is 10.5 Å². The number of aromatic nitrogens is 6. The van der Waals surface area contributed by atoms with Crippen LogP contribution in [0.1, 0.15) is 33.4 Å². The van der Waals surface area contributed by atoms with Crippen molar-refractivity contribution in [2.24, 2.45) is 0 Å². The van der Waals surface area contributed by atoms with E-state index in [-0.39, 0.29) is 5.69 Å². The van der Waals surface area contributed by atoms with E-state index in [9.17, 15) is 14.4 Å². The number of ether oxygens (including phenoxy) is 1. The van der Waals surface area contributed by atoms with Crippen molar-refractivity contribution >= 4 is 41.3 Å². The number of rotatable bonds is 10. The monoisotopic (exact) mass is 637 g/mol. The Morgan fingerprint density at radius 2 is 1.78 bits per heavy atom. The third-order valence-electron chi connectivity index (χ3n) is 6.84. The van der Waals surface area contributed by atoms with Gasteiger partial charge in [0.25, 0.3) is 5.91 Å². The number of halogens is 1. The third-order valence-corrected chi connectivity index (χ3v) is 7.07. The van der Waals surface area contributed by atoms with Crippen molar-refractivity contribution in [3.8, 4) is 16.8 Å². The summed E-state index contributed by atoms with van der Waals surface area (Å²) in [6, 6.07) is 22.7. The van der Waals surface area contributed by atoms with Crippen LogP contribution in [0.15, 0.2) is 91.3 Å². The third kappa shape index (κ3) is 7.76. The largest absolute Gasteiger partial charge is 0.453 e. The predicted molar refractivity (Wildman–Crippen MR) is 171 cm³/mol. The van der Waals surface area contributed by atoms with Gasteiger partial charge in [0.1, 0.15) is 6.33 Å². The summed E-state index contributed by atoms with van der Waals surface area (Å²) in [5.41, 5.74) is 4.37. The molecule has 0 fully saturated rings. The van der Waals surface area contributed by atoms with Crippen molar-refractivity contribution < 1.29 is 19.1 Å². The normalized spacial score (nSPS) is 11.5. The topological polar surface area (TPSA) is 166 Å². The van der Waals surface area contributed by atoms with Gasteiger partial charge in [-0.05, 0) is 70.4 Å². The number of tetrazole rings is 1. The minimum absolute atomic E-state index is 0.0979. The first-order valence-electron chi connectivity index (χ1n) is 13.9. The summed E-state index contributed by atoms with van der Waals surface area (Å²) >= 11 is 6.23. The van der Waals surface area contributed by atoms with Crippen molar-refractivity contribution in [2.75, 3.05) is 19.5 Å². The van der Waals surface area contributed by atoms with E-state index in [2.05, 4.69) is 46.4 Å². The summed E-state index contributed by atoms with van der Waals surface area (Å²) in [6.07, 6.45) is 4.23. The lowest BCUT2D eigenvalue weighted by Gasteiger charge is -2.19. The highest BCUT2D eigenvalue weighted by molar-refractivity contribution is 6.30. The van der Waals surface area contributed by atoms with Crippen LogP contribution in [0, 0.1) is 0 Å². The SMILES string of the molecule is CNC(=O)c1nnc(C(Cc2ccccc2)NC(=O)/C=C/c2cc(Cl)ccc2-n2cnnn2)cc1-c1ccc(NC(=O)OC)cc1. The molecule has 2 aromatic heterocycles. The minimum Gasteiger partial charge on any atom is -0.453 e. The van der Waals surface area contributed by atoms with Crippen molar-refractivity contribution in [1.29, 1.82) is 0 Å². The first-order valence-corrected chi connectivity index (χ1v) is 14.3. The average Bonchev–Trinajstić information content (AvgIpc) is 3.62. The van der Waals surface area contributed by atoms with Crippen LogP contribution in [0.5, 0.6) is 0 Å². The summed E-state index contributed by atoms with van der Waals surface area (Å²) in [6.45, 7) is 0. The molecule has 0 aliphatic heterocycles. The molecule has 0 saturated heterocycles. The van der Waals surface area contributed by atoms with E-state index in [1.165, 1.54) is 31.2 Å². The molecule has 0 aliphatic carbocycles. The Morgan fingerprint density at radius 3 is 2.48 bits per heavy atom. The maximum Gasteiger partial charge on any atom is 0.411 e. The summed E-state index contributed by atoms with van der Waals surface area (Å²) in [5.74, 6) is -0.835. The Balaban J connectivity index is 1.48. The lowest BCUT2D eigenvalue weighted by atomic mass is 9.98. The predicted octanol–water partition coefficient (Wildman–Crippen LogP) is 4.42. The Labute approximate surface area is 268 Å². The molecule has 0 radical (unpaired) electrons. The zero-order valence-corrected chi connectivity index (χ0v) is 25.5. The van der Waals surface area contributed by atoms with Crippen LogP contribution >= 0.6 is 11.6 Å². The van der Waals surface area contributed by atoms with Gasteiger partial charge in [-0.25, -0.2) is 4.79 Å². The number of benzene rings is 3. The molecule has 5 rings (SSSR count). The lowest BCUT2D eigenvalue weighted by molar-refractivity contribution is -0.117. The van der Waals surface area contributed by atoms with Crippen LogP contribution in [0.2, 0.25) is 5.02 Å². The van der Waals surface area contributed by atoms with Crippen LogP contribution in [0.3, 0.4) is 0 Å². The van der Waals surface area contributed by atoms with Crippen LogP contribution in [0.25, 0.3) is 22.9 Å². The summed E-state index contributed by atoms with van der Waals surface area (Å²) in [7, 11) is 2.77. The van der Waals surface area contributed by atoms with Crippen molar-refractivity contribution in [3.63, 3.8) is 0 Å². The minimum atomic E-state index is -0.622. The van der Waals surface area contributed by atoms with Crippen molar-refractivity contribution in [2.45, 2.75) is 12.5 Å². The highest BCUT2D eigenvalue weighted by Crippen LogP contribution is 2.28. The number of hydrogen-bond donors (Lipinski definition) is 3. The van der Waals surface area contributed by atoms with Gasteiger partial charge in [0.2, 0.25) is 5.91 Å². The molecule has 5 aromatic rings. The number of anilines is 1. The van der Waals surface area contributed by atoms with E-state index in [4.69, 9.17) is 11.6 Å². The summed E-state index contributed by atoms with van der Waals surface area (Å²) in [5, 5.41) is 28.6. The summed E-state index contributed by atoms with van der Waals surface area (Å²) < 4.78 is 6.12. The highest BCUT2D eigenvalue weighted by atomic mass is 35.5. The van der Waals surface area contributed by atoms with Gasteiger partial charge in [0.05, 0.1) is 24.5 Å². The second kappa shape index (κ2) is 14.7. The fraction of sp³-hybridized carbons (Fsp3) is 0.125. The molecular weight excluding hydrogens is 610 g/mol. The Hall–Kier alpha value is -5.95. The molecule has 13 nitrogen and oxygen atoms in total. The number of nitrogens with one attached hydrogen (secondary N) is 3. The smallest absolute Gasteiger partial charge is 0.411 e. The van der Waals surface area contributed by atoms with Gasteiger partial charge in [-0.15, -0.1) is 10.2 Å². The number of carbonyl (C=O) groups is 3. The van der Waals surface area contributed by atoms with Crippen LogP contribution in [-0.4, -0.2) is 62.5 Å². The molecule has 0 spiro atoms. The first-order chi connectivity index (χ1) is 22.3. The molecule has 1 unspecified atom stereocenters. The Morgan fingerprint density at radius 1 is 1.00 bits per heavy atom. The molecule has 0 aliphatic rings. The van der Waals surface area contributed by atoms with Gasteiger partial charge >= 0.3 is 6.09 Å². The Bertz CT molecular complexity index is 1870. The number of carbonyl (C=O) groups excluding carboxylic acids is 3. The number of amides is 3. The number of methoxy groups -OCH3 is 1. The maximum atomic E-state index is 13.4. The second-order valence-electron chi connectivity index (χ2n) is 9.85. The van der Waals surface area contributed by atoms with Crippen molar-refractivity contribution in [3.05, 3.63) is 119 Å². The van der Waals surface area contributed by atoms with E-state index >= 15 is 0 Å². The van der Waals surface area contributed by atoms with Gasteiger partial charge in [-0.1, -0.05) is 54.1 Å². The zero-order valence-electron chi connectivity index (χ0n) is 24.7. The molecular formula is C32H28ClN9O4. The van der Waals surface area contributed by atoms with Gasteiger partial charge in [0.15, 0.2) is 5.69 Å². The molecule has 1 atom stereocenters. The second-order valence-corrected chi connectivity index (χ2v) is 10.3. The van der Waals surface area contributed by atoms with Gasteiger partial charge in [-0.2, -0.15) is 9.78 Å². The van der Waals surface area contributed by atoms with Crippen molar-refractivity contribution in [1.82, 2.24) is 41.0 Å². The van der Waals surface area contributed by atoms with E-state index < -0.39 is 23.9 Å². The molecule has 232 valence electrons. The molecule has 3 aromatic carbocycles. The van der Waals surface area contributed by atoms with E-state index in [1.54, 1.807) is 54.6 Å². The lowest BCUT2D eigenvalue weighted by Crippen LogP contribution is -2.30. The molecule has 0 saturated carbocycles.